The molecule has 396 valence electrons. The lowest BCUT2D eigenvalue weighted by atomic mass is 10.2. The predicted octanol–water partition coefficient (Wildman–Crippen LogP) is 11.2. The summed E-state index contributed by atoms with van der Waals surface area (Å²) in [5.74, 6) is 6.32. The first-order valence-corrected chi connectivity index (χ1v) is 22.9. The van der Waals surface area contributed by atoms with Gasteiger partial charge in [0.1, 0.15) is 6.29 Å². The Balaban J connectivity index is -0.000000791. The molecular formula is C49H67BBr3ClO17. The number of phenols is 3. The normalized spacial score (nSPS) is 9.01. The highest BCUT2D eigenvalue weighted by atomic mass is 79.9. The summed E-state index contributed by atoms with van der Waals surface area (Å²) in [7, 11) is 19.9. The molecule has 71 heavy (non-hydrogen) atoms. The topological polar surface area (TPSA) is 209 Å². The van der Waals surface area contributed by atoms with Gasteiger partial charge in [0.05, 0.1) is 85.3 Å². The molecule has 22 heteroatoms. The number of halogens is 4. The maximum Gasteiger partial charge on any atom is 0.369 e. The third-order valence-electron chi connectivity index (χ3n) is 8.58. The SMILES string of the molecule is BrB(Br)Br.C=Cc1cc(OC)c(OC)c(OC)c1.CO.COc1cc(C)cc(OC)c1OC.COc1cc(C)cc(OC)c1OC.COc1cc(C=O)cc(OC)c1OC.Cc1cc(O)c(O)c(O)c1.Cl. The fraction of sp³-hybridized carbons (Fsp3) is 0.327. The van der Waals surface area contributed by atoms with Crippen LogP contribution in [-0.2, 0) is 0 Å². The van der Waals surface area contributed by atoms with Gasteiger partial charge in [0.15, 0.2) is 63.2 Å². The van der Waals surface area contributed by atoms with Crippen molar-refractivity contribution in [3.8, 4) is 86.2 Å². The zero-order valence-corrected chi connectivity index (χ0v) is 48.4. The van der Waals surface area contributed by atoms with E-state index in [1.54, 1.807) is 89.1 Å². The smallest absolute Gasteiger partial charge is 0.369 e. The first-order valence-electron chi connectivity index (χ1n) is 20.1. The second-order valence-corrected chi connectivity index (χ2v) is 19.5. The Hall–Kier alpha value is -5.74. The van der Waals surface area contributed by atoms with E-state index in [1.165, 1.54) is 33.5 Å². The van der Waals surface area contributed by atoms with Crippen molar-refractivity contribution in [1.82, 2.24) is 0 Å². The second kappa shape index (κ2) is 38.9. The van der Waals surface area contributed by atoms with E-state index in [2.05, 4.69) is 53.8 Å². The van der Waals surface area contributed by atoms with Gasteiger partial charge in [0.2, 0.25) is 23.0 Å². The Bertz CT molecular complexity index is 2070. The summed E-state index contributed by atoms with van der Waals surface area (Å²) in [6.45, 7) is 9.35. The van der Waals surface area contributed by atoms with Gasteiger partial charge in [0, 0.05) is 12.7 Å². The molecule has 0 amide bonds. The molecule has 5 rings (SSSR count). The highest BCUT2D eigenvalue weighted by Gasteiger charge is 2.14. The highest BCUT2D eigenvalue weighted by Crippen LogP contribution is 2.41. The molecule has 0 radical (unpaired) electrons. The molecule has 0 spiro atoms. The number of aromatic hydroxyl groups is 3. The van der Waals surface area contributed by atoms with Crippen LogP contribution in [0.15, 0.2) is 67.2 Å². The van der Waals surface area contributed by atoms with Gasteiger partial charge in [0.25, 0.3) is 0 Å². The van der Waals surface area contributed by atoms with E-state index in [-0.39, 0.29) is 27.1 Å². The summed E-state index contributed by atoms with van der Waals surface area (Å²) < 4.78 is 61.9. The van der Waals surface area contributed by atoms with Crippen molar-refractivity contribution in [2.75, 3.05) is 92.4 Å². The van der Waals surface area contributed by atoms with Crippen molar-refractivity contribution in [2.24, 2.45) is 0 Å². The van der Waals surface area contributed by atoms with Gasteiger partial charge in [-0.2, -0.15) is 0 Å². The lowest BCUT2D eigenvalue weighted by molar-refractivity contribution is 0.112. The van der Waals surface area contributed by atoms with E-state index in [0.29, 0.717) is 80.1 Å². The molecule has 0 aliphatic heterocycles. The monoisotopic (exact) mass is 1210 g/mol. The number of phenolic OH excluding ortho intramolecular Hbond substituents is 3. The summed E-state index contributed by atoms with van der Waals surface area (Å²) >= 11 is 9.31. The molecule has 17 nitrogen and oxygen atoms in total. The number of aliphatic hydroxyl groups excluding tert-OH is 1. The van der Waals surface area contributed by atoms with Crippen LogP contribution in [0.25, 0.3) is 6.08 Å². The standard InChI is InChI=1S/C11H14O3.C10H12O4.2C10H14O3.C7H8O3.CH4O.BBr3.ClH/c1-5-8-6-9(12-2)11(14-4)10(7-8)13-3;1-12-8-4-7(6-11)5-9(13-2)10(8)14-3;2*1-7-5-8(11-2)10(13-4)9(6-7)12-3;1-4-2-5(8)7(10)6(9)3-4;1-2;2-1(3)4;/h5-7H,1H2,2-4H3;4-6H,1-3H3;2*5-6H,1-4H3;2-3,8-10H,1H3;2H,1H3;;1H. The van der Waals surface area contributed by atoms with E-state index in [1.807, 2.05) is 50.2 Å². The van der Waals surface area contributed by atoms with Crippen molar-refractivity contribution < 1.29 is 82.1 Å². The van der Waals surface area contributed by atoms with Crippen LogP contribution in [0.2, 0.25) is 0 Å². The quantitative estimate of drug-likeness (QED) is 0.0463. The third kappa shape index (κ3) is 23.8. The molecular weight excluding hydrogens is 1150 g/mol. The van der Waals surface area contributed by atoms with Crippen LogP contribution in [0.4, 0.5) is 0 Å². The number of aldehydes is 1. The van der Waals surface area contributed by atoms with Gasteiger partial charge in [-0.25, -0.2) is 0 Å². The number of aryl methyl sites for hydroxylation is 3. The summed E-state index contributed by atoms with van der Waals surface area (Å²) in [6, 6.07) is 17.2. The fourth-order valence-electron chi connectivity index (χ4n) is 5.55. The van der Waals surface area contributed by atoms with Gasteiger partial charge < -0.3 is 77.3 Å². The Kier molecular flexibility index (Phi) is 38.1. The summed E-state index contributed by atoms with van der Waals surface area (Å²) in [4.78, 5) is 10.6. The number of hydrogen-bond donors (Lipinski definition) is 4. The lowest BCUT2D eigenvalue weighted by Crippen LogP contribution is -1.96. The third-order valence-corrected chi connectivity index (χ3v) is 8.58. The average Bonchev–Trinajstić information content (AvgIpc) is 3.37. The molecule has 4 N–H and O–H groups in total. The minimum absolute atomic E-state index is 0. The van der Waals surface area contributed by atoms with Crippen LogP contribution in [0.5, 0.6) is 86.2 Å². The molecule has 0 aliphatic carbocycles. The molecule has 0 unspecified atom stereocenters. The van der Waals surface area contributed by atoms with Crippen molar-refractivity contribution >= 4 is 75.2 Å². The minimum atomic E-state index is -0.467. The maximum atomic E-state index is 10.6. The summed E-state index contributed by atoms with van der Waals surface area (Å²) in [6.07, 6.45) is 2.45. The van der Waals surface area contributed by atoms with Crippen LogP contribution in [0.3, 0.4) is 0 Å². The molecule has 0 saturated carbocycles. The minimum Gasteiger partial charge on any atom is -0.504 e. The molecule has 5 aromatic rings. The van der Waals surface area contributed by atoms with Gasteiger partial charge in [-0.3, -0.25) is 4.79 Å². The van der Waals surface area contributed by atoms with E-state index in [4.69, 9.17) is 77.3 Å². The van der Waals surface area contributed by atoms with Gasteiger partial charge >= 0.3 is 3.18 Å². The second-order valence-electron chi connectivity index (χ2n) is 13.0. The molecule has 0 heterocycles. The predicted molar refractivity (Wildman–Crippen MR) is 293 cm³/mol. The Morgan fingerprint density at radius 3 is 0.789 bits per heavy atom. The Morgan fingerprint density at radius 1 is 0.408 bits per heavy atom. The largest absolute Gasteiger partial charge is 0.504 e. The van der Waals surface area contributed by atoms with Crippen LogP contribution < -0.4 is 56.8 Å². The van der Waals surface area contributed by atoms with E-state index < -0.39 is 5.75 Å². The molecule has 0 aliphatic rings. The van der Waals surface area contributed by atoms with E-state index >= 15 is 0 Å². The van der Waals surface area contributed by atoms with Crippen molar-refractivity contribution in [3.05, 3.63) is 95.1 Å². The average molecular weight is 1210 g/mol. The first-order chi connectivity index (χ1) is 33.3. The molecule has 0 bridgehead atoms. The maximum absolute atomic E-state index is 10.6. The van der Waals surface area contributed by atoms with Crippen molar-refractivity contribution in [3.63, 3.8) is 0 Å². The summed E-state index contributed by atoms with van der Waals surface area (Å²) in [5, 5.41) is 33.6. The molecule has 0 fully saturated rings. The number of carbonyl (C=O) groups excluding carboxylic acids is 1. The number of ether oxygens (including phenoxy) is 12. The molecule has 0 saturated heterocycles. The van der Waals surface area contributed by atoms with Crippen LogP contribution in [0.1, 0.15) is 32.6 Å². The van der Waals surface area contributed by atoms with Crippen molar-refractivity contribution in [2.45, 2.75) is 20.8 Å². The number of rotatable bonds is 14. The molecule has 5 aromatic carbocycles. The van der Waals surface area contributed by atoms with Crippen LogP contribution >= 0.6 is 59.7 Å². The zero-order valence-electron chi connectivity index (χ0n) is 42.9. The van der Waals surface area contributed by atoms with Gasteiger partial charge in [-0.15, -0.1) is 59.7 Å². The number of methoxy groups -OCH3 is 12. The first kappa shape index (κ1) is 69.5. The summed E-state index contributed by atoms with van der Waals surface area (Å²) in [5.41, 5.74) is 4.27. The Morgan fingerprint density at radius 2 is 0.606 bits per heavy atom. The van der Waals surface area contributed by atoms with Crippen LogP contribution in [-0.4, -0.2) is 122 Å². The fourth-order valence-corrected chi connectivity index (χ4v) is 5.55. The van der Waals surface area contributed by atoms with E-state index in [9.17, 15) is 4.79 Å². The van der Waals surface area contributed by atoms with Gasteiger partial charge in [-0.1, -0.05) is 12.7 Å². The number of carbonyl (C=O) groups is 1. The highest BCUT2D eigenvalue weighted by molar-refractivity contribution is 9.69. The zero-order chi connectivity index (χ0) is 54.1. The van der Waals surface area contributed by atoms with Crippen LogP contribution in [0, 0.1) is 20.8 Å². The molecule has 0 atom stereocenters. The van der Waals surface area contributed by atoms with E-state index in [0.717, 1.165) is 30.1 Å². The Labute approximate surface area is 449 Å². The van der Waals surface area contributed by atoms with Crippen molar-refractivity contribution in [1.29, 1.82) is 0 Å². The number of benzene rings is 5. The lowest BCUT2D eigenvalue weighted by Gasteiger charge is -2.12. The number of aliphatic hydroxyl groups is 1. The molecule has 0 aromatic heterocycles. The van der Waals surface area contributed by atoms with Gasteiger partial charge in [-0.05, 0) is 104 Å². The number of hydrogen-bond acceptors (Lipinski definition) is 17.